The molecule has 2 aromatic heterocycles. The minimum absolute atomic E-state index is 0.472. The molecule has 0 aliphatic carbocycles. The monoisotopic (exact) mass is 523 g/mol. The van der Waals surface area contributed by atoms with Gasteiger partial charge in [-0.3, -0.25) is 9.97 Å². The third kappa shape index (κ3) is 5.91. The summed E-state index contributed by atoms with van der Waals surface area (Å²) in [7, 11) is 9.75. The number of aromatic nitrogens is 2. The smallest absolute Gasteiger partial charge is 0.0701 e. The van der Waals surface area contributed by atoms with Crippen LogP contribution in [0.25, 0.3) is 21.8 Å². The molecule has 0 aliphatic heterocycles. The fourth-order valence-corrected chi connectivity index (χ4v) is 2.03. The number of halogens is 2. The summed E-state index contributed by atoms with van der Waals surface area (Å²) in [5.41, 5.74) is 2.12. The zero-order chi connectivity index (χ0) is 16.3. The Balaban J connectivity index is 0.000000143. The maximum Gasteiger partial charge on any atom is 0.0701 e. The van der Waals surface area contributed by atoms with Gasteiger partial charge in [-0.25, -0.2) is 0 Å². The number of hydrogen-bond donors (Lipinski definition) is 0. The van der Waals surface area contributed by atoms with Crippen molar-refractivity contribution in [3.05, 3.63) is 85.2 Å². The zero-order valence-electron chi connectivity index (χ0n) is 12.0. The Morgan fingerprint density at radius 2 is 0.913 bits per heavy atom. The van der Waals surface area contributed by atoms with Gasteiger partial charge in [0.05, 0.1) is 11.0 Å². The zero-order valence-corrected chi connectivity index (χ0v) is 15.8. The van der Waals surface area contributed by atoms with E-state index in [1.165, 1.54) is 10.8 Å². The van der Waals surface area contributed by atoms with E-state index in [1.807, 2.05) is 60.9 Å². The first kappa shape index (κ1) is 17.9. The Labute approximate surface area is 151 Å². The van der Waals surface area contributed by atoms with Gasteiger partial charge in [-0.15, -0.1) is 0 Å². The van der Waals surface area contributed by atoms with Crippen LogP contribution in [0.4, 0.5) is 0 Å². The molecule has 0 N–H and O–H groups in total. The molecule has 0 unspecified atom stereocenters. The predicted molar refractivity (Wildman–Crippen MR) is 95.2 cm³/mol. The van der Waals surface area contributed by atoms with Gasteiger partial charge in [0.25, 0.3) is 0 Å². The second-order valence-electron chi connectivity index (χ2n) is 4.44. The minimum Gasteiger partial charge on any atom is -0.256 e. The molecule has 0 atom stereocenters. The van der Waals surface area contributed by atoms with Crippen molar-refractivity contribution in [2.75, 3.05) is 0 Å². The molecule has 0 saturated carbocycles. The van der Waals surface area contributed by atoms with Crippen molar-refractivity contribution in [1.82, 2.24) is 9.97 Å². The van der Waals surface area contributed by atoms with Crippen LogP contribution in [-0.4, -0.2) is 9.97 Å². The molecular formula is C18H14Cl2N2Pt. The molecule has 2 aromatic carbocycles. The fraction of sp³-hybridized carbons (Fsp3) is 0. The Hall–Kier alpha value is -1.47. The summed E-state index contributed by atoms with van der Waals surface area (Å²) in [4.78, 5) is 8.36. The fourth-order valence-electron chi connectivity index (χ4n) is 2.03. The number of hydrogen-bond acceptors (Lipinski definition) is 2. The first-order chi connectivity index (χ1) is 11.3. The van der Waals surface area contributed by atoms with Crippen molar-refractivity contribution in [1.29, 1.82) is 0 Å². The topological polar surface area (TPSA) is 25.8 Å². The number of rotatable bonds is 0. The summed E-state index contributed by atoms with van der Waals surface area (Å²) in [6.07, 6.45) is 3.62. The van der Waals surface area contributed by atoms with Crippen molar-refractivity contribution < 1.29 is 16.5 Å². The van der Waals surface area contributed by atoms with E-state index < -0.39 is 16.5 Å². The van der Waals surface area contributed by atoms with Crippen LogP contribution in [0.15, 0.2) is 85.2 Å². The van der Waals surface area contributed by atoms with Crippen LogP contribution in [0, 0.1) is 0 Å². The van der Waals surface area contributed by atoms with Gasteiger partial charge >= 0.3 is 35.3 Å². The van der Waals surface area contributed by atoms with Crippen molar-refractivity contribution in [2.24, 2.45) is 0 Å². The van der Waals surface area contributed by atoms with Gasteiger partial charge in [-0.05, 0) is 24.3 Å². The normalized spacial score (nSPS) is 9.65. The molecule has 0 radical (unpaired) electrons. The van der Waals surface area contributed by atoms with Gasteiger partial charge in [0, 0.05) is 23.2 Å². The molecule has 2 heterocycles. The van der Waals surface area contributed by atoms with E-state index in [4.69, 9.17) is 18.8 Å². The summed E-state index contributed by atoms with van der Waals surface area (Å²) in [5, 5.41) is 2.40. The van der Waals surface area contributed by atoms with Gasteiger partial charge in [0.15, 0.2) is 0 Å². The molecule has 4 rings (SSSR count). The number of fused-ring (bicyclic) bond motifs is 2. The quantitative estimate of drug-likeness (QED) is 0.289. The number of benzene rings is 2. The van der Waals surface area contributed by atoms with Crippen LogP contribution < -0.4 is 0 Å². The number of nitrogens with zero attached hydrogens (tertiary/aromatic N) is 2. The SMILES string of the molecule is [Cl][Pt][Cl].c1ccc2ncccc2c1.c1ccc2ncccc2c1. The molecule has 0 bridgehead atoms. The summed E-state index contributed by atoms with van der Waals surface area (Å²) in [6.45, 7) is 0. The molecule has 23 heavy (non-hydrogen) atoms. The van der Waals surface area contributed by atoms with Crippen LogP contribution in [0.5, 0.6) is 0 Å². The average Bonchev–Trinajstić information content (AvgIpc) is 2.63. The van der Waals surface area contributed by atoms with E-state index in [2.05, 4.69) is 34.2 Å². The second-order valence-corrected chi connectivity index (χ2v) is 7.72. The maximum absolute atomic E-state index is 4.88. The molecule has 0 saturated heterocycles. The Kier molecular flexibility index (Phi) is 8.03. The molecule has 0 aliphatic rings. The van der Waals surface area contributed by atoms with Crippen molar-refractivity contribution in [2.45, 2.75) is 0 Å². The van der Waals surface area contributed by atoms with Crippen LogP contribution in [0.3, 0.4) is 0 Å². The molecule has 0 amide bonds. The van der Waals surface area contributed by atoms with Crippen LogP contribution in [-0.2, 0) is 16.5 Å². The molecule has 0 fully saturated rings. The summed E-state index contributed by atoms with van der Waals surface area (Å²) >= 11 is -0.472. The van der Waals surface area contributed by atoms with E-state index in [0.717, 1.165) is 11.0 Å². The van der Waals surface area contributed by atoms with Gasteiger partial charge in [-0.1, -0.05) is 48.5 Å². The van der Waals surface area contributed by atoms with Gasteiger partial charge < -0.3 is 0 Å². The summed E-state index contributed by atoms with van der Waals surface area (Å²) in [5.74, 6) is 0. The maximum atomic E-state index is 4.88. The molecule has 4 aromatic rings. The van der Waals surface area contributed by atoms with E-state index in [0.29, 0.717) is 0 Å². The predicted octanol–water partition coefficient (Wildman–Crippen LogP) is 5.85. The van der Waals surface area contributed by atoms with E-state index in [1.54, 1.807) is 0 Å². The molecule has 2 nitrogen and oxygen atoms in total. The largest absolute Gasteiger partial charge is 0.256 e. The Bertz CT molecular complexity index is 653. The van der Waals surface area contributed by atoms with E-state index in [9.17, 15) is 0 Å². The second kappa shape index (κ2) is 10.3. The van der Waals surface area contributed by atoms with Gasteiger partial charge in [0.2, 0.25) is 0 Å². The summed E-state index contributed by atoms with van der Waals surface area (Å²) < 4.78 is 0. The average molecular weight is 524 g/mol. The molecule has 5 heteroatoms. The number of pyridine rings is 2. The molecular weight excluding hydrogens is 510 g/mol. The van der Waals surface area contributed by atoms with Crippen molar-refractivity contribution in [3.63, 3.8) is 0 Å². The molecule has 120 valence electrons. The van der Waals surface area contributed by atoms with Crippen molar-refractivity contribution >= 4 is 40.6 Å². The van der Waals surface area contributed by atoms with Crippen LogP contribution in [0.1, 0.15) is 0 Å². The standard InChI is InChI=1S/2C9H7N.2ClH.Pt/c2*1-2-6-9-8(4-1)5-3-7-10-9;;;/h2*1-7H;2*1H;/q;;;;+2/p-2. The number of para-hydroxylation sites is 2. The van der Waals surface area contributed by atoms with Crippen LogP contribution >= 0.6 is 18.8 Å². The van der Waals surface area contributed by atoms with Crippen molar-refractivity contribution in [3.8, 4) is 0 Å². The third-order valence-electron chi connectivity index (χ3n) is 3.02. The Morgan fingerprint density at radius 1 is 0.565 bits per heavy atom. The van der Waals surface area contributed by atoms with Gasteiger partial charge in [-0.2, -0.15) is 0 Å². The van der Waals surface area contributed by atoms with E-state index in [-0.39, 0.29) is 0 Å². The first-order valence-electron chi connectivity index (χ1n) is 6.77. The Morgan fingerprint density at radius 3 is 1.30 bits per heavy atom. The minimum atomic E-state index is -0.472. The van der Waals surface area contributed by atoms with Crippen LogP contribution in [0.2, 0.25) is 0 Å². The van der Waals surface area contributed by atoms with E-state index >= 15 is 0 Å². The summed E-state index contributed by atoms with van der Waals surface area (Å²) in [6, 6.07) is 24.2. The first-order valence-corrected chi connectivity index (χ1v) is 12.4. The third-order valence-corrected chi connectivity index (χ3v) is 3.02. The van der Waals surface area contributed by atoms with Gasteiger partial charge in [0.1, 0.15) is 0 Å². The molecule has 0 spiro atoms.